The minimum atomic E-state index is -1.35. The number of ether oxygens (including phenoxy) is 3. The summed E-state index contributed by atoms with van der Waals surface area (Å²) in [5, 5.41) is 10.3. The average Bonchev–Trinajstić information content (AvgIpc) is 2.44. The summed E-state index contributed by atoms with van der Waals surface area (Å²) in [7, 11) is 4.41. The van der Waals surface area contributed by atoms with Gasteiger partial charge in [-0.05, 0) is 12.1 Å². The predicted molar refractivity (Wildman–Crippen MR) is 75.8 cm³/mol. The minimum absolute atomic E-state index is 0.335. The fraction of sp³-hybridized carbons (Fsp3) is 0.538. The van der Waals surface area contributed by atoms with E-state index < -0.39 is 15.8 Å². The van der Waals surface area contributed by atoms with Crippen molar-refractivity contribution in [1.82, 2.24) is 0 Å². The summed E-state index contributed by atoms with van der Waals surface area (Å²) < 4.78 is 15.7. The van der Waals surface area contributed by atoms with E-state index in [4.69, 9.17) is 25.8 Å². The van der Waals surface area contributed by atoms with Crippen LogP contribution in [0.15, 0.2) is 12.1 Å². The van der Waals surface area contributed by atoms with Gasteiger partial charge in [-0.3, -0.25) is 10.1 Å². The molecule has 0 aromatic heterocycles. The molecular weight excluding hydrogens is 286 g/mol. The maximum Gasteiger partial charge on any atom is 0.237 e. The van der Waals surface area contributed by atoms with E-state index in [1.807, 2.05) is 0 Å². The second-order valence-corrected chi connectivity index (χ2v) is 5.13. The molecule has 0 saturated heterocycles. The first kappa shape index (κ1) is 16.4. The number of halogens is 1. The number of hydrogen-bond acceptors (Lipinski definition) is 5. The van der Waals surface area contributed by atoms with E-state index in [9.17, 15) is 10.1 Å². The van der Waals surface area contributed by atoms with E-state index in [0.29, 0.717) is 22.8 Å². The smallest absolute Gasteiger partial charge is 0.237 e. The molecule has 112 valence electrons. The van der Waals surface area contributed by atoms with Crippen molar-refractivity contribution in [1.29, 1.82) is 0 Å². The van der Waals surface area contributed by atoms with Crippen LogP contribution in [0.2, 0.25) is 0 Å². The largest absolute Gasteiger partial charge is 0.493 e. The lowest BCUT2D eigenvalue weighted by Crippen LogP contribution is -2.35. The SMILES string of the molecule is COc1ccc(C(Cl)C(C)(C)[N+](=O)[O-])c(OC)c1OC. The van der Waals surface area contributed by atoms with E-state index in [-0.39, 0.29) is 0 Å². The van der Waals surface area contributed by atoms with Gasteiger partial charge in [-0.2, -0.15) is 0 Å². The number of nitro groups is 1. The number of nitrogens with zero attached hydrogens (tertiary/aromatic N) is 1. The van der Waals surface area contributed by atoms with Gasteiger partial charge in [0.1, 0.15) is 5.38 Å². The third kappa shape index (κ3) is 2.75. The van der Waals surface area contributed by atoms with Crippen LogP contribution >= 0.6 is 11.6 Å². The fourth-order valence-corrected chi connectivity index (χ4v) is 2.05. The Morgan fingerprint density at radius 3 is 2.10 bits per heavy atom. The highest BCUT2D eigenvalue weighted by Gasteiger charge is 2.42. The second kappa shape index (κ2) is 6.17. The molecule has 1 unspecified atom stereocenters. The lowest BCUT2D eigenvalue weighted by atomic mass is 9.94. The van der Waals surface area contributed by atoms with E-state index >= 15 is 0 Å². The van der Waals surface area contributed by atoms with Crippen molar-refractivity contribution in [2.24, 2.45) is 0 Å². The molecular formula is C13H18ClNO5. The van der Waals surface area contributed by atoms with E-state index in [0.717, 1.165) is 0 Å². The Bertz CT molecular complexity index is 504. The number of methoxy groups -OCH3 is 3. The lowest BCUT2D eigenvalue weighted by molar-refractivity contribution is -0.561. The highest BCUT2D eigenvalue weighted by Crippen LogP contribution is 2.46. The topological polar surface area (TPSA) is 70.8 Å². The maximum absolute atomic E-state index is 11.1. The molecule has 0 saturated carbocycles. The average molecular weight is 304 g/mol. The molecule has 1 atom stereocenters. The molecule has 0 heterocycles. The van der Waals surface area contributed by atoms with Crippen molar-refractivity contribution < 1.29 is 19.1 Å². The molecule has 20 heavy (non-hydrogen) atoms. The second-order valence-electron chi connectivity index (χ2n) is 4.70. The van der Waals surface area contributed by atoms with Crippen LogP contribution in [0, 0.1) is 10.1 Å². The molecule has 0 fully saturated rings. The molecule has 0 aliphatic rings. The van der Waals surface area contributed by atoms with Gasteiger partial charge in [0.2, 0.25) is 11.3 Å². The van der Waals surface area contributed by atoms with Crippen LogP contribution in [0.3, 0.4) is 0 Å². The number of alkyl halides is 1. The Kier molecular flexibility index (Phi) is 5.05. The van der Waals surface area contributed by atoms with Gasteiger partial charge in [0, 0.05) is 24.3 Å². The number of benzene rings is 1. The summed E-state index contributed by atoms with van der Waals surface area (Å²) in [6.07, 6.45) is 0. The van der Waals surface area contributed by atoms with Crippen molar-refractivity contribution in [3.63, 3.8) is 0 Å². The van der Waals surface area contributed by atoms with E-state index in [1.165, 1.54) is 35.2 Å². The molecule has 0 aliphatic heterocycles. The van der Waals surface area contributed by atoms with Crippen molar-refractivity contribution >= 4 is 11.6 Å². The first-order valence-electron chi connectivity index (χ1n) is 5.88. The molecule has 0 bridgehead atoms. The zero-order chi connectivity index (χ0) is 15.5. The zero-order valence-electron chi connectivity index (χ0n) is 12.1. The van der Waals surface area contributed by atoms with Gasteiger partial charge >= 0.3 is 0 Å². The molecule has 7 heteroatoms. The number of rotatable bonds is 6. The molecule has 0 aliphatic carbocycles. The monoisotopic (exact) mass is 303 g/mol. The van der Waals surface area contributed by atoms with Crippen LogP contribution in [-0.2, 0) is 0 Å². The molecule has 0 radical (unpaired) electrons. The summed E-state index contributed by atoms with van der Waals surface area (Å²) in [5.41, 5.74) is -0.873. The summed E-state index contributed by atoms with van der Waals surface area (Å²) in [6, 6.07) is 3.28. The van der Waals surface area contributed by atoms with Crippen LogP contribution in [-0.4, -0.2) is 31.8 Å². The van der Waals surface area contributed by atoms with Gasteiger partial charge in [-0.1, -0.05) is 0 Å². The molecule has 0 spiro atoms. The summed E-state index contributed by atoms with van der Waals surface area (Å²) >= 11 is 6.28. The quantitative estimate of drug-likeness (QED) is 0.459. The molecule has 1 aromatic rings. The lowest BCUT2D eigenvalue weighted by Gasteiger charge is -2.24. The standard InChI is InChI=1S/C13H18ClNO5/c1-13(2,15(16)17)12(14)8-6-7-9(18-3)11(20-5)10(8)19-4/h6-7,12H,1-5H3. The van der Waals surface area contributed by atoms with Gasteiger partial charge in [0.15, 0.2) is 11.5 Å². The van der Waals surface area contributed by atoms with Crippen molar-refractivity contribution in [3.8, 4) is 17.2 Å². The van der Waals surface area contributed by atoms with Gasteiger partial charge in [-0.15, -0.1) is 11.6 Å². The fourth-order valence-electron chi connectivity index (χ4n) is 1.80. The summed E-state index contributed by atoms with van der Waals surface area (Å²) in [5.74, 6) is 1.16. The van der Waals surface area contributed by atoms with Crippen LogP contribution in [0.5, 0.6) is 17.2 Å². The van der Waals surface area contributed by atoms with E-state index in [2.05, 4.69) is 0 Å². The Labute approximate surface area is 122 Å². The van der Waals surface area contributed by atoms with Gasteiger partial charge in [0.05, 0.1) is 21.3 Å². The first-order valence-corrected chi connectivity index (χ1v) is 6.32. The predicted octanol–water partition coefficient (Wildman–Crippen LogP) is 3.05. The van der Waals surface area contributed by atoms with Crippen LogP contribution in [0.25, 0.3) is 0 Å². The van der Waals surface area contributed by atoms with Gasteiger partial charge < -0.3 is 14.2 Å². The molecule has 1 rings (SSSR count). The number of hydrogen-bond donors (Lipinski definition) is 0. The third-order valence-electron chi connectivity index (χ3n) is 3.10. The molecule has 0 amide bonds. The highest BCUT2D eigenvalue weighted by molar-refractivity contribution is 6.21. The molecule has 6 nitrogen and oxygen atoms in total. The van der Waals surface area contributed by atoms with Crippen LogP contribution < -0.4 is 14.2 Å². The maximum atomic E-state index is 11.1. The normalized spacial score (nSPS) is 12.7. The van der Waals surface area contributed by atoms with Gasteiger partial charge in [-0.25, -0.2) is 0 Å². The summed E-state index contributed by atoms with van der Waals surface area (Å²) in [6.45, 7) is 2.92. The van der Waals surface area contributed by atoms with Crippen LogP contribution in [0.1, 0.15) is 24.8 Å². The van der Waals surface area contributed by atoms with Crippen molar-refractivity contribution in [2.75, 3.05) is 21.3 Å². The van der Waals surface area contributed by atoms with Crippen molar-refractivity contribution in [3.05, 3.63) is 27.8 Å². The van der Waals surface area contributed by atoms with Crippen LogP contribution in [0.4, 0.5) is 0 Å². The Balaban J connectivity index is 3.42. The molecule has 0 N–H and O–H groups in total. The Morgan fingerprint density at radius 2 is 1.70 bits per heavy atom. The van der Waals surface area contributed by atoms with E-state index in [1.54, 1.807) is 12.1 Å². The zero-order valence-corrected chi connectivity index (χ0v) is 12.9. The first-order chi connectivity index (χ1) is 9.31. The highest BCUT2D eigenvalue weighted by atomic mass is 35.5. The Hall–Kier alpha value is -1.69. The van der Waals surface area contributed by atoms with Gasteiger partial charge in [0.25, 0.3) is 0 Å². The third-order valence-corrected chi connectivity index (χ3v) is 3.87. The Morgan fingerprint density at radius 1 is 1.15 bits per heavy atom. The summed E-state index contributed by atoms with van der Waals surface area (Å²) in [4.78, 5) is 10.7. The molecule has 1 aromatic carbocycles. The van der Waals surface area contributed by atoms with Crippen molar-refractivity contribution in [2.45, 2.75) is 24.8 Å². The minimum Gasteiger partial charge on any atom is -0.493 e.